The Labute approximate surface area is 149 Å². The number of rotatable bonds is 4. The van der Waals surface area contributed by atoms with E-state index in [1.54, 1.807) is 6.33 Å². The van der Waals surface area contributed by atoms with Crippen LogP contribution < -0.4 is 5.32 Å². The number of amides is 1. The van der Waals surface area contributed by atoms with E-state index < -0.39 is 0 Å². The van der Waals surface area contributed by atoms with Crippen LogP contribution in [0.3, 0.4) is 0 Å². The lowest BCUT2D eigenvalue weighted by molar-refractivity contribution is -0.135. The van der Waals surface area contributed by atoms with Gasteiger partial charge in [0.2, 0.25) is 5.91 Å². The number of nitrogens with one attached hydrogen (secondary N) is 1. The van der Waals surface area contributed by atoms with Gasteiger partial charge in [0.25, 0.3) is 0 Å². The van der Waals surface area contributed by atoms with Gasteiger partial charge in [-0.15, -0.1) is 0 Å². The van der Waals surface area contributed by atoms with Crippen molar-refractivity contribution in [2.24, 2.45) is 11.8 Å². The van der Waals surface area contributed by atoms with E-state index in [4.69, 9.17) is 0 Å². The quantitative estimate of drug-likeness (QED) is 0.926. The predicted molar refractivity (Wildman–Crippen MR) is 99.4 cm³/mol. The Morgan fingerprint density at radius 3 is 2.68 bits per heavy atom. The summed E-state index contributed by atoms with van der Waals surface area (Å²) in [6.07, 6.45) is 3.64. The van der Waals surface area contributed by atoms with Gasteiger partial charge in [0.1, 0.15) is 12.1 Å². The van der Waals surface area contributed by atoms with Crippen molar-refractivity contribution in [2.75, 3.05) is 25.0 Å². The summed E-state index contributed by atoms with van der Waals surface area (Å²) in [6.45, 7) is 10.6. The zero-order valence-corrected chi connectivity index (χ0v) is 15.5. The van der Waals surface area contributed by atoms with Crippen molar-refractivity contribution in [3.05, 3.63) is 23.7 Å². The van der Waals surface area contributed by atoms with Crippen LogP contribution in [0.4, 0.5) is 5.82 Å². The molecule has 25 heavy (non-hydrogen) atoms. The summed E-state index contributed by atoms with van der Waals surface area (Å²) in [5.74, 6) is 1.77. The maximum Gasteiger partial charge on any atom is 0.225 e. The first-order valence-electron chi connectivity index (χ1n) is 9.07. The Bertz CT molecular complexity index is 766. The smallest absolute Gasteiger partial charge is 0.225 e. The maximum absolute atomic E-state index is 12.1. The molecule has 1 saturated heterocycles. The first-order chi connectivity index (χ1) is 12.0. The van der Waals surface area contributed by atoms with Gasteiger partial charge in [-0.1, -0.05) is 13.8 Å². The van der Waals surface area contributed by atoms with Crippen molar-refractivity contribution in [2.45, 2.75) is 40.5 Å². The Morgan fingerprint density at radius 2 is 2.00 bits per heavy atom. The van der Waals surface area contributed by atoms with Crippen LogP contribution in [-0.4, -0.2) is 45.4 Å². The van der Waals surface area contributed by atoms with Gasteiger partial charge in [-0.2, -0.15) is 0 Å². The number of piperidine rings is 1. The first kappa shape index (κ1) is 17.6. The third kappa shape index (κ3) is 3.89. The highest BCUT2D eigenvalue weighted by Crippen LogP contribution is 2.24. The second kappa shape index (κ2) is 7.33. The minimum Gasteiger partial charge on any atom is -0.369 e. The molecule has 1 aliphatic heterocycles. The number of nitrogens with zero attached hydrogens (tertiary/aromatic N) is 4. The highest BCUT2D eigenvalue weighted by atomic mass is 16.2. The molecule has 6 heteroatoms. The molecule has 6 nitrogen and oxygen atoms in total. The normalized spacial score (nSPS) is 15.8. The van der Waals surface area contributed by atoms with Gasteiger partial charge in [-0.25, -0.2) is 15.0 Å². The van der Waals surface area contributed by atoms with Gasteiger partial charge in [0.05, 0.1) is 5.39 Å². The largest absolute Gasteiger partial charge is 0.369 e. The Hall–Kier alpha value is -2.24. The molecule has 3 rings (SSSR count). The van der Waals surface area contributed by atoms with Gasteiger partial charge in [0, 0.05) is 31.2 Å². The van der Waals surface area contributed by atoms with Gasteiger partial charge in [-0.05, 0) is 44.2 Å². The van der Waals surface area contributed by atoms with Gasteiger partial charge < -0.3 is 10.2 Å². The van der Waals surface area contributed by atoms with Crippen LogP contribution in [0.2, 0.25) is 0 Å². The molecule has 0 saturated carbocycles. The molecule has 2 aromatic heterocycles. The summed E-state index contributed by atoms with van der Waals surface area (Å²) in [5, 5.41) is 4.49. The zero-order valence-electron chi connectivity index (χ0n) is 15.5. The average Bonchev–Trinajstić information content (AvgIpc) is 2.59. The van der Waals surface area contributed by atoms with Crippen molar-refractivity contribution in [1.29, 1.82) is 0 Å². The minimum atomic E-state index is 0.0843. The Balaban J connectivity index is 1.64. The number of pyridine rings is 1. The molecule has 0 spiro atoms. The highest BCUT2D eigenvalue weighted by Gasteiger charge is 2.24. The molecule has 1 N–H and O–H groups in total. The lowest BCUT2D eigenvalue weighted by Gasteiger charge is -2.33. The fourth-order valence-electron chi connectivity index (χ4n) is 3.51. The van der Waals surface area contributed by atoms with E-state index in [0.717, 1.165) is 60.6 Å². The van der Waals surface area contributed by atoms with Crippen molar-refractivity contribution in [1.82, 2.24) is 19.9 Å². The summed E-state index contributed by atoms with van der Waals surface area (Å²) in [6, 6.07) is 2.06. The molecule has 0 radical (unpaired) electrons. The standard InChI is InChI=1S/C19H27N5O/c1-12(2)19(25)24-7-5-15(6-8-24)10-20-17-16-13(3)9-14(4)23-18(16)22-11-21-17/h9,11-12,15H,5-8,10H2,1-4H3,(H,20,21,22,23). The molecule has 0 unspecified atom stereocenters. The van der Waals surface area contributed by atoms with Crippen molar-refractivity contribution in [3.8, 4) is 0 Å². The van der Waals surface area contributed by atoms with Gasteiger partial charge in [-0.3, -0.25) is 4.79 Å². The minimum absolute atomic E-state index is 0.0843. The number of carbonyl (C=O) groups excluding carboxylic acids is 1. The van der Waals surface area contributed by atoms with Gasteiger partial charge >= 0.3 is 0 Å². The van der Waals surface area contributed by atoms with Crippen molar-refractivity contribution >= 4 is 22.8 Å². The highest BCUT2D eigenvalue weighted by molar-refractivity contribution is 5.89. The van der Waals surface area contributed by atoms with Crippen LogP contribution in [0.15, 0.2) is 12.4 Å². The number of aromatic nitrogens is 3. The molecular weight excluding hydrogens is 314 g/mol. The summed E-state index contributed by atoms with van der Waals surface area (Å²) >= 11 is 0. The number of aryl methyl sites for hydroxylation is 2. The van der Waals surface area contributed by atoms with E-state index in [1.807, 2.05) is 25.7 Å². The second-order valence-corrected chi connectivity index (χ2v) is 7.31. The fourth-order valence-corrected chi connectivity index (χ4v) is 3.51. The zero-order chi connectivity index (χ0) is 18.0. The number of likely N-dealkylation sites (tertiary alicyclic amines) is 1. The Morgan fingerprint density at radius 1 is 1.28 bits per heavy atom. The molecular formula is C19H27N5O. The van der Waals surface area contributed by atoms with Crippen LogP contribution in [0.5, 0.6) is 0 Å². The molecule has 2 aromatic rings. The monoisotopic (exact) mass is 341 g/mol. The van der Waals surface area contributed by atoms with E-state index in [0.29, 0.717) is 5.92 Å². The SMILES string of the molecule is Cc1cc(C)c2c(NCC3CCN(C(=O)C(C)C)CC3)ncnc2n1. The van der Waals surface area contributed by atoms with Crippen LogP contribution >= 0.6 is 0 Å². The first-order valence-corrected chi connectivity index (χ1v) is 9.07. The van der Waals surface area contributed by atoms with Crippen LogP contribution in [-0.2, 0) is 4.79 Å². The number of carbonyl (C=O) groups is 1. The van der Waals surface area contributed by atoms with E-state index in [9.17, 15) is 4.79 Å². The third-order valence-corrected chi connectivity index (χ3v) is 4.91. The summed E-state index contributed by atoms with van der Waals surface area (Å²) < 4.78 is 0. The van der Waals surface area contributed by atoms with E-state index in [-0.39, 0.29) is 11.8 Å². The number of anilines is 1. The summed E-state index contributed by atoms with van der Waals surface area (Å²) in [5.41, 5.74) is 2.85. The van der Waals surface area contributed by atoms with E-state index in [1.165, 1.54) is 0 Å². The topological polar surface area (TPSA) is 71.0 Å². The summed E-state index contributed by atoms with van der Waals surface area (Å²) in [4.78, 5) is 27.3. The molecule has 134 valence electrons. The third-order valence-electron chi connectivity index (χ3n) is 4.91. The lowest BCUT2D eigenvalue weighted by atomic mass is 9.96. The molecule has 3 heterocycles. The van der Waals surface area contributed by atoms with Crippen LogP contribution in [0, 0.1) is 25.7 Å². The molecule has 0 aromatic carbocycles. The number of fused-ring (bicyclic) bond motifs is 1. The molecule has 1 fully saturated rings. The van der Waals surface area contributed by atoms with Crippen molar-refractivity contribution in [3.63, 3.8) is 0 Å². The number of hydrogen-bond acceptors (Lipinski definition) is 5. The predicted octanol–water partition coefficient (Wildman–Crippen LogP) is 2.95. The average molecular weight is 341 g/mol. The van der Waals surface area contributed by atoms with Crippen LogP contribution in [0.25, 0.3) is 11.0 Å². The molecule has 1 amide bonds. The molecule has 0 atom stereocenters. The summed E-state index contributed by atoms with van der Waals surface area (Å²) in [7, 11) is 0. The molecule has 0 aliphatic carbocycles. The maximum atomic E-state index is 12.1. The second-order valence-electron chi connectivity index (χ2n) is 7.31. The van der Waals surface area contributed by atoms with Crippen molar-refractivity contribution < 1.29 is 4.79 Å². The van der Waals surface area contributed by atoms with Gasteiger partial charge in [0.15, 0.2) is 5.65 Å². The Kier molecular flexibility index (Phi) is 5.16. The van der Waals surface area contributed by atoms with Crippen LogP contribution in [0.1, 0.15) is 37.9 Å². The fraction of sp³-hybridized carbons (Fsp3) is 0.579. The molecule has 1 aliphatic rings. The number of hydrogen-bond donors (Lipinski definition) is 1. The van der Waals surface area contributed by atoms with E-state index in [2.05, 4.69) is 33.3 Å². The van der Waals surface area contributed by atoms with E-state index >= 15 is 0 Å². The molecule has 0 bridgehead atoms. The lowest BCUT2D eigenvalue weighted by Crippen LogP contribution is -2.41.